The predicted octanol–water partition coefficient (Wildman–Crippen LogP) is 2.47. The van der Waals surface area contributed by atoms with E-state index in [0.29, 0.717) is 5.78 Å². The van der Waals surface area contributed by atoms with Crippen LogP contribution in [0.4, 0.5) is 0 Å². The number of rotatable bonds is 0. The SMILES string of the molecule is CC1(C)CC(=C2CCC2)C1=O. The van der Waals surface area contributed by atoms with E-state index in [0.717, 1.165) is 6.42 Å². The molecule has 2 saturated carbocycles. The van der Waals surface area contributed by atoms with Crippen molar-refractivity contribution in [3.05, 3.63) is 11.1 Å². The van der Waals surface area contributed by atoms with Crippen LogP contribution in [-0.4, -0.2) is 5.78 Å². The molecule has 0 amide bonds. The molecule has 60 valence electrons. The van der Waals surface area contributed by atoms with Gasteiger partial charge in [-0.2, -0.15) is 0 Å². The van der Waals surface area contributed by atoms with Gasteiger partial charge in [-0.15, -0.1) is 0 Å². The first kappa shape index (κ1) is 7.08. The smallest absolute Gasteiger partial charge is 0.164 e. The number of carbonyl (C=O) groups is 1. The maximum atomic E-state index is 11.5. The van der Waals surface area contributed by atoms with Crippen molar-refractivity contribution in [1.82, 2.24) is 0 Å². The van der Waals surface area contributed by atoms with E-state index in [1.54, 1.807) is 0 Å². The van der Waals surface area contributed by atoms with Crippen LogP contribution in [0.2, 0.25) is 0 Å². The minimum atomic E-state index is -0.0298. The zero-order chi connectivity index (χ0) is 8.06. The molecule has 0 radical (unpaired) electrons. The lowest BCUT2D eigenvalue weighted by Crippen LogP contribution is -2.39. The molecule has 1 nitrogen and oxygen atoms in total. The molecule has 0 aromatic rings. The summed E-state index contributed by atoms with van der Waals surface area (Å²) < 4.78 is 0. The van der Waals surface area contributed by atoms with Gasteiger partial charge in [0, 0.05) is 5.41 Å². The van der Waals surface area contributed by atoms with Crippen molar-refractivity contribution in [1.29, 1.82) is 0 Å². The first-order chi connectivity index (χ1) is 5.11. The van der Waals surface area contributed by atoms with Crippen LogP contribution in [0.5, 0.6) is 0 Å². The Labute approximate surface area is 67.5 Å². The van der Waals surface area contributed by atoms with E-state index in [4.69, 9.17) is 0 Å². The molecule has 2 aliphatic carbocycles. The van der Waals surface area contributed by atoms with Gasteiger partial charge in [-0.3, -0.25) is 4.79 Å². The molecule has 0 aromatic heterocycles. The predicted molar refractivity (Wildman–Crippen MR) is 44.3 cm³/mol. The van der Waals surface area contributed by atoms with Crippen LogP contribution in [0.1, 0.15) is 39.5 Å². The Morgan fingerprint density at radius 1 is 1.27 bits per heavy atom. The molecule has 0 heterocycles. The zero-order valence-corrected chi connectivity index (χ0v) is 7.24. The van der Waals surface area contributed by atoms with Crippen LogP contribution < -0.4 is 0 Å². The van der Waals surface area contributed by atoms with Crippen molar-refractivity contribution in [2.24, 2.45) is 5.41 Å². The molecule has 2 rings (SSSR count). The second-order valence-corrected chi connectivity index (χ2v) is 4.33. The third-order valence-electron chi connectivity index (χ3n) is 2.89. The van der Waals surface area contributed by atoms with Gasteiger partial charge in [-0.25, -0.2) is 0 Å². The Hall–Kier alpha value is -0.590. The molecule has 0 unspecified atom stereocenters. The normalized spacial score (nSPS) is 28.0. The van der Waals surface area contributed by atoms with Gasteiger partial charge in [0.2, 0.25) is 0 Å². The zero-order valence-electron chi connectivity index (χ0n) is 7.24. The highest BCUT2D eigenvalue weighted by Crippen LogP contribution is 2.46. The first-order valence-electron chi connectivity index (χ1n) is 4.37. The lowest BCUT2D eigenvalue weighted by molar-refractivity contribution is -0.128. The highest BCUT2D eigenvalue weighted by atomic mass is 16.1. The molecule has 2 fully saturated rings. The van der Waals surface area contributed by atoms with Gasteiger partial charge in [0.1, 0.15) is 0 Å². The number of carbonyl (C=O) groups excluding carboxylic acids is 1. The number of allylic oxidation sites excluding steroid dienone is 2. The second-order valence-electron chi connectivity index (χ2n) is 4.33. The van der Waals surface area contributed by atoms with Crippen molar-refractivity contribution < 1.29 is 4.79 Å². The van der Waals surface area contributed by atoms with Crippen molar-refractivity contribution in [2.45, 2.75) is 39.5 Å². The van der Waals surface area contributed by atoms with E-state index >= 15 is 0 Å². The number of hydrogen-bond donors (Lipinski definition) is 0. The fourth-order valence-corrected chi connectivity index (χ4v) is 1.85. The number of Topliss-reactive ketones (excluding diaryl/α,β-unsaturated/α-hetero) is 1. The molecule has 0 aromatic carbocycles. The van der Waals surface area contributed by atoms with Crippen LogP contribution in [0.15, 0.2) is 11.1 Å². The average molecular weight is 150 g/mol. The molecule has 0 atom stereocenters. The Bertz CT molecular complexity index is 240. The summed E-state index contributed by atoms with van der Waals surface area (Å²) in [7, 11) is 0. The molecule has 11 heavy (non-hydrogen) atoms. The molecule has 2 aliphatic rings. The Morgan fingerprint density at radius 3 is 2.18 bits per heavy atom. The lowest BCUT2D eigenvalue weighted by Gasteiger charge is -2.39. The number of hydrogen-bond acceptors (Lipinski definition) is 1. The van der Waals surface area contributed by atoms with Gasteiger partial charge < -0.3 is 0 Å². The highest BCUT2D eigenvalue weighted by molar-refractivity contribution is 6.06. The maximum Gasteiger partial charge on any atom is 0.164 e. The molecule has 0 spiro atoms. The van der Waals surface area contributed by atoms with Crippen LogP contribution in [0.25, 0.3) is 0 Å². The van der Waals surface area contributed by atoms with E-state index in [1.165, 1.54) is 30.4 Å². The standard InChI is InChI=1S/C10H14O/c1-10(2)6-8(9(10)11)7-4-3-5-7/h3-6H2,1-2H3. The summed E-state index contributed by atoms with van der Waals surface area (Å²) in [5.41, 5.74) is 2.59. The largest absolute Gasteiger partial charge is 0.294 e. The molecule has 0 bridgehead atoms. The second kappa shape index (κ2) is 1.96. The van der Waals surface area contributed by atoms with E-state index in [1.807, 2.05) is 13.8 Å². The van der Waals surface area contributed by atoms with Crippen LogP contribution in [0.3, 0.4) is 0 Å². The number of ketones is 1. The minimum Gasteiger partial charge on any atom is -0.294 e. The van der Waals surface area contributed by atoms with Gasteiger partial charge in [0.25, 0.3) is 0 Å². The average Bonchev–Trinajstić information content (AvgIpc) is 1.82. The monoisotopic (exact) mass is 150 g/mol. The van der Waals surface area contributed by atoms with Gasteiger partial charge in [-0.05, 0) is 31.3 Å². The van der Waals surface area contributed by atoms with Crippen molar-refractivity contribution in [3.8, 4) is 0 Å². The van der Waals surface area contributed by atoms with Crippen molar-refractivity contribution >= 4 is 5.78 Å². The third kappa shape index (κ3) is 0.867. The van der Waals surface area contributed by atoms with E-state index in [-0.39, 0.29) is 5.41 Å². The Morgan fingerprint density at radius 2 is 1.91 bits per heavy atom. The molecular formula is C10H14O. The molecule has 0 aliphatic heterocycles. The van der Waals surface area contributed by atoms with E-state index < -0.39 is 0 Å². The van der Waals surface area contributed by atoms with Crippen molar-refractivity contribution in [3.63, 3.8) is 0 Å². The Kier molecular flexibility index (Phi) is 1.26. The fourth-order valence-electron chi connectivity index (χ4n) is 1.85. The maximum absolute atomic E-state index is 11.5. The summed E-state index contributed by atoms with van der Waals surface area (Å²) in [5.74, 6) is 0.409. The lowest BCUT2D eigenvalue weighted by atomic mass is 9.63. The summed E-state index contributed by atoms with van der Waals surface area (Å²) in [6, 6.07) is 0. The van der Waals surface area contributed by atoms with Crippen LogP contribution >= 0.6 is 0 Å². The summed E-state index contributed by atoms with van der Waals surface area (Å²) >= 11 is 0. The van der Waals surface area contributed by atoms with E-state index in [9.17, 15) is 4.79 Å². The van der Waals surface area contributed by atoms with Gasteiger partial charge in [-0.1, -0.05) is 19.4 Å². The first-order valence-corrected chi connectivity index (χ1v) is 4.37. The molecule has 0 N–H and O–H groups in total. The van der Waals surface area contributed by atoms with Crippen molar-refractivity contribution in [2.75, 3.05) is 0 Å². The van der Waals surface area contributed by atoms with Crippen LogP contribution in [0, 0.1) is 5.41 Å². The summed E-state index contributed by atoms with van der Waals surface area (Å²) in [6.07, 6.45) is 4.71. The minimum absolute atomic E-state index is 0.0298. The molecule has 1 heteroatoms. The van der Waals surface area contributed by atoms with E-state index in [2.05, 4.69) is 0 Å². The topological polar surface area (TPSA) is 17.1 Å². The Balaban J connectivity index is 2.18. The molecule has 0 saturated heterocycles. The summed E-state index contributed by atoms with van der Waals surface area (Å²) in [5, 5.41) is 0. The third-order valence-corrected chi connectivity index (χ3v) is 2.89. The van der Waals surface area contributed by atoms with Crippen LogP contribution in [-0.2, 0) is 4.79 Å². The summed E-state index contributed by atoms with van der Waals surface area (Å²) in [6.45, 7) is 4.08. The summed E-state index contributed by atoms with van der Waals surface area (Å²) in [4.78, 5) is 11.5. The fraction of sp³-hybridized carbons (Fsp3) is 0.700. The quantitative estimate of drug-likeness (QED) is 0.485. The molecular weight excluding hydrogens is 136 g/mol. The highest BCUT2D eigenvalue weighted by Gasteiger charge is 2.43. The van der Waals surface area contributed by atoms with Gasteiger partial charge in [0.15, 0.2) is 5.78 Å². The van der Waals surface area contributed by atoms with Gasteiger partial charge in [0.05, 0.1) is 0 Å². The van der Waals surface area contributed by atoms with Gasteiger partial charge >= 0.3 is 0 Å².